The first-order valence-corrected chi connectivity index (χ1v) is 8.83. The Morgan fingerprint density at radius 1 is 1.20 bits per heavy atom. The number of benzene rings is 2. The lowest BCUT2D eigenvalue weighted by Gasteiger charge is -2.21. The van der Waals surface area contributed by atoms with E-state index in [9.17, 15) is 14.7 Å². The molecule has 0 aliphatic carbocycles. The minimum atomic E-state index is -0.904. The molecule has 25 heavy (non-hydrogen) atoms. The van der Waals surface area contributed by atoms with Gasteiger partial charge in [-0.2, -0.15) is 0 Å². The number of carbonyl (C=O) groups excluding carboxylic acids is 1. The number of carbonyl (C=O) groups is 2. The van der Waals surface area contributed by atoms with E-state index < -0.39 is 11.9 Å². The molecule has 1 aliphatic heterocycles. The van der Waals surface area contributed by atoms with Crippen LogP contribution in [0, 0.1) is 0 Å². The highest BCUT2D eigenvalue weighted by Crippen LogP contribution is 2.38. The standard InChI is InChI=1S/C19H19NO4S/c1-12(25-14-9-7-13(24-2)8-10-14)18(21)20-11-16(19(22)23)15-5-3-4-6-17(15)20/h3-10,12,16H,11H2,1-2H3,(H,22,23). The average molecular weight is 357 g/mol. The number of anilines is 1. The summed E-state index contributed by atoms with van der Waals surface area (Å²) >= 11 is 1.45. The Morgan fingerprint density at radius 3 is 2.52 bits per heavy atom. The van der Waals surface area contributed by atoms with Gasteiger partial charge in [-0.15, -0.1) is 11.8 Å². The fourth-order valence-corrected chi connectivity index (χ4v) is 3.88. The molecule has 0 fully saturated rings. The van der Waals surface area contributed by atoms with E-state index in [1.807, 2.05) is 37.3 Å². The van der Waals surface area contributed by atoms with Gasteiger partial charge < -0.3 is 14.7 Å². The minimum absolute atomic E-state index is 0.0861. The molecule has 0 bridgehead atoms. The van der Waals surface area contributed by atoms with Crippen molar-refractivity contribution in [2.45, 2.75) is 23.0 Å². The first-order chi connectivity index (χ1) is 12.0. The van der Waals surface area contributed by atoms with Crippen LogP contribution in [0.15, 0.2) is 53.4 Å². The van der Waals surface area contributed by atoms with Gasteiger partial charge in [-0.25, -0.2) is 0 Å². The molecule has 3 rings (SSSR count). The highest BCUT2D eigenvalue weighted by molar-refractivity contribution is 8.00. The van der Waals surface area contributed by atoms with Crippen molar-refractivity contribution in [1.29, 1.82) is 0 Å². The highest BCUT2D eigenvalue weighted by Gasteiger charge is 2.37. The molecule has 130 valence electrons. The van der Waals surface area contributed by atoms with E-state index in [-0.39, 0.29) is 17.7 Å². The maximum atomic E-state index is 12.9. The molecule has 5 nitrogen and oxygen atoms in total. The predicted octanol–water partition coefficient (Wildman–Crippen LogP) is 3.39. The third-order valence-electron chi connectivity index (χ3n) is 4.25. The molecule has 2 aromatic rings. The Morgan fingerprint density at radius 2 is 1.88 bits per heavy atom. The zero-order valence-corrected chi connectivity index (χ0v) is 14.8. The number of para-hydroxylation sites is 1. The summed E-state index contributed by atoms with van der Waals surface area (Å²) < 4.78 is 5.14. The Hall–Kier alpha value is -2.47. The van der Waals surface area contributed by atoms with Crippen LogP contribution in [0.5, 0.6) is 5.75 Å². The topological polar surface area (TPSA) is 66.8 Å². The van der Waals surface area contributed by atoms with Gasteiger partial charge in [0.05, 0.1) is 12.4 Å². The number of methoxy groups -OCH3 is 1. The zero-order valence-electron chi connectivity index (χ0n) is 14.0. The molecular weight excluding hydrogens is 338 g/mol. The molecule has 6 heteroatoms. The third kappa shape index (κ3) is 3.49. The number of carboxylic acid groups (broad SMARTS) is 1. The van der Waals surface area contributed by atoms with Crippen molar-refractivity contribution in [3.8, 4) is 5.75 Å². The second-order valence-corrected chi connectivity index (χ2v) is 7.25. The second-order valence-electron chi connectivity index (χ2n) is 5.83. The van der Waals surface area contributed by atoms with Crippen LogP contribution in [0.2, 0.25) is 0 Å². The normalized spacial score (nSPS) is 17.0. The van der Waals surface area contributed by atoms with Gasteiger partial charge in [0.2, 0.25) is 5.91 Å². The summed E-state index contributed by atoms with van der Waals surface area (Å²) in [6.07, 6.45) is 0. The predicted molar refractivity (Wildman–Crippen MR) is 97.5 cm³/mol. The molecule has 0 saturated carbocycles. The Bertz CT molecular complexity index is 790. The summed E-state index contributed by atoms with van der Waals surface area (Å²) in [4.78, 5) is 26.9. The fourth-order valence-electron chi connectivity index (χ4n) is 2.96. The summed E-state index contributed by atoms with van der Waals surface area (Å²) in [5.74, 6) is -0.894. The number of amides is 1. The minimum Gasteiger partial charge on any atom is -0.497 e. The van der Waals surface area contributed by atoms with E-state index in [0.717, 1.165) is 10.6 Å². The van der Waals surface area contributed by atoms with Crippen LogP contribution in [-0.2, 0) is 9.59 Å². The molecule has 1 aliphatic rings. The monoisotopic (exact) mass is 357 g/mol. The van der Waals surface area contributed by atoms with E-state index >= 15 is 0 Å². The van der Waals surface area contributed by atoms with Crippen molar-refractivity contribution < 1.29 is 19.4 Å². The van der Waals surface area contributed by atoms with E-state index in [2.05, 4.69) is 0 Å². The molecule has 0 aromatic heterocycles. The van der Waals surface area contributed by atoms with Crippen LogP contribution in [-0.4, -0.2) is 35.9 Å². The van der Waals surface area contributed by atoms with Crippen LogP contribution in [0.4, 0.5) is 5.69 Å². The maximum Gasteiger partial charge on any atom is 0.312 e. The number of nitrogens with zero attached hydrogens (tertiary/aromatic N) is 1. The molecule has 1 amide bonds. The molecule has 0 spiro atoms. The van der Waals surface area contributed by atoms with Gasteiger partial charge in [-0.05, 0) is 42.8 Å². The van der Waals surface area contributed by atoms with Crippen LogP contribution >= 0.6 is 11.8 Å². The molecule has 1 N–H and O–H groups in total. The number of fused-ring (bicyclic) bond motifs is 1. The van der Waals surface area contributed by atoms with Gasteiger partial charge in [0, 0.05) is 17.1 Å². The fraction of sp³-hybridized carbons (Fsp3) is 0.263. The summed E-state index contributed by atoms with van der Waals surface area (Å²) in [6, 6.07) is 14.7. The number of rotatable bonds is 5. The lowest BCUT2D eigenvalue weighted by Crippen LogP contribution is -2.36. The first-order valence-electron chi connectivity index (χ1n) is 7.95. The third-order valence-corrected chi connectivity index (χ3v) is 5.35. The molecule has 1 heterocycles. The van der Waals surface area contributed by atoms with Gasteiger partial charge >= 0.3 is 5.97 Å². The average Bonchev–Trinajstić information content (AvgIpc) is 3.01. The van der Waals surface area contributed by atoms with Crippen molar-refractivity contribution in [2.75, 3.05) is 18.6 Å². The number of carboxylic acids is 1. The van der Waals surface area contributed by atoms with Crippen molar-refractivity contribution in [3.63, 3.8) is 0 Å². The Balaban J connectivity index is 1.77. The highest BCUT2D eigenvalue weighted by atomic mass is 32.2. The number of thioether (sulfide) groups is 1. The summed E-state index contributed by atoms with van der Waals surface area (Å²) in [7, 11) is 1.61. The zero-order chi connectivity index (χ0) is 18.0. The van der Waals surface area contributed by atoms with E-state index in [1.165, 1.54) is 11.8 Å². The lowest BCUT2D eigenvalue weighted by molar-refractivity contribution is -0.138. The molecule has 0 radical (unpaired) electrons. The van der Waals surface area contributed by atoms with Gasteiger partial charge in [0.25, 0.3) is 0 Å². The van der Waals surface area contributed by atoms with Crippen molar-refractivity contribution >= 4 is 29.3 Å². The van der Waals surface area contributed by atoms with Crippen LogP contribution in [0.1, 0.15) is 18.4 Å². The number of hydrogen-bond donors (Lipinski definition) is 1. The maximum absolute atomic E-state index is 12.9. The van der Waals surface area contributed by atoms with E-state index in [0.29, 0.717) is 11.3 Å². The van der Waals surface area contributed by atoms with Crippen molar-refractivity contribution in [3.05, 3.63) is 54.1 Å². The summed E-state index contributed by atoms with van der Waals surface area (Å²) in [5, 5.41) is 9.10. The molecule has 2 atom stereocenters. The van der Waals surface area contributed by atoms with Gasteiger partial charge in [0.1, 0.15) is 11.7 Å². The van der Waals surface area contributed by atoms with E-state index in [1.54, 1.807) is 30.2 Å². The van der Waals surface area contributed by atoms with Crippen molar-refractivity contribution in [1.82, 2.24) is 0 Å². The SMILES string of the molecule is COc1ccc(SC(C)C(=O)N2CC(C(=O)O)c3ccccc32)cc1. The second kappa shape index (κ2) is 7.19. The first kappa shape index (κ1) is 17.4. The van der Waals surface area contributed by atoms with E-state index in [4.69, 9.17) is 4.74 Å². The van der Waals surface area contributed by atoms with Crippen molar-refractivity contribution in [2.24, 2.45) is 0 Å². The quantitative estimate of drug-likeness (QED) is 0.831. The molecule has 0 saturated heterocycles. The largest absolute Gasteiger partial charge is 0.497 e. The smallest absolute Gasteiger partial charge is 0.312 e. The van der Waals surface area contributed by atoms with Crippen LogP contribution in [0.25, 0.3) is 0 Å². The number of aliphatic carboxylic acids is 1. The Kier molecular flexibility index (Phi) is 4.99. The Labute approximate surface area is 150 Å². The van der Waals surface area contributed by atoms with Crippen LogP contribution < -0.4 is 9.64 Å². The van der Waals surface area contributed by atoms with Crippen LogP contribution in [0.3, 0.4) is 0 Å². The molecular formula is C19H19NO4S. The van der Waals surface area contributed by atoms with Gasteiger partial charge in [0.15, 0.2) is 0 Å². The molecule has 2 unspecified atom stereocenters. The number of ether oxygens (including phenoxy) is 1. The van der Waals surface area contributed by atoms with Gasteiger partial charge in [-0.1, -0.05) is 18.2 Å². The lowest BCUT2D eigenvalue weighted by atomic mass is 10.0. The molecule has 2 aromatic carbocycles. The summed E-state index contributed by atoms with van der Waals surface area (Å²) in [6.45, 7) is 2.02. The summed E-state index contributed by atoms with van der Waals surface area (Å²) in [5.41, 5.74) is 1.40. The number of hydrogen-bond acceptors (Lipinski definition) is 4. The van der Waals surface area contributed by atoms with Gasteiger partial charge in [-0.3, -0.25) is 9.59 Å².